The predicted molar refractivity (Wildman–Crippen MR) is 105 cm³/mol. The summed E-state index contributed by atoms with van der Waals surface area (Å²) in [6.07, 6.45) is 3.43. The Morgan fingerprint density at radius 3 is 2.43 bits per heavy atom. The molecule has 6 heteroatoms. The Balaban J connectivity index is 1.58. The first kappa shape index (κ1) is 18.6. The second-order valence-electron chi connectivity index (χ2n) is 7.67. The average molecular weight is 379 g/mol. The molecule has 1 aromatic heterocycles. The van der Waals surface area contributed by atoms with Crippen molar-refractivity contribution < 1.29 is 14.7 Å². The normalized spacial score (nSPS) is 23.8. The van der Waals surface area contributed by atoms with Gasteiger partial charge in [-0.3, -0.25) is 14.6 Å². The van der Waals surface area contributed by atoms with E-state index in [0.717, 1.165) is 18.4 Å². The van der Waals surface area contributed by atoms with Crippen molar-refractivity contribution in [2.24, 2.45) is 5.92 Å². The van der Waals surface area contributed by atoms with Crippen molar-refractivity contribution in [3.05, 3.63) is 66.0 Å². The molecular weight excluding hydrogens is 354 g/mol. The van der Waals surface area contributed by atoms with Crippen molar-refractivity contribution in [1.29, 1.82) is 0 Å². The SMILES string of the molecule is CN(C[C@@H]1[C@@H](c2ccccc2)[C@H](CO)N1C(=O)C1CC1)C(=O)c1ccccn1. The fraction of sp³-hybridized carbons (Fsp3) is 0.409. The summed E-state index contributed by atoms with van der Waals surface area (Å²) >= 11 is 0. The van der Waals surface area contributed by atoms with Gasteiger partial charge in [0.2, 0.25) is 5.91 Å². The molecule has 0 radical (unpaired) electrons. The highest BCUT2D eigenvalue weighted by Crippen LogP contribution is 2.44. The van der Waals surface area contributed by atoms with Gasteiger partial charge in [0, 0.05) is 31.6 Å². The molecule has 1 saturated heterocycles. The van der Waals surface area contributed by atoms with E-state index in [0.29, 0.717) is 12.2 Å². The smallest absolute Gasteiger partial charge is 0.272 e. The number of carbonyl (C=O) groups excluding carboxylic acids is 2. The molecule has 146 valence electrons. The zero-order valence-electron chi connectivity index (χ0n) is 15.9. The summed E-state index contributed by atoms with van der Waals surface area (Å²) in [5.41, 5.74) is 1.48. The third kappa shape index (κ3) is 3.40. The summed E-state index contributed by atoms with van der Waals surface area (Å²) < 4.78 is 0. The topological polar surface area (TPSA) is 73.7 Å². The Morgan fingerprint density at radius 2 is 1.82 bits per heavy atom. The molecule has 0 spiro atoms. The van der Waals surface area contributed by atoms with Gasteiger partial charge in [0.15, 0.2) is 0 Å². The third-order valence-electron chi connectivity index (χ3n) is 5.79. The lowest BCUT2D eigenvalue weighted by Gasteiger charge is -2.56. The highest BCUT2D eigenvalue weighted by atomic mass is 16.3. The fourth-order valence-corrected chi connectivity index (χ4v) is 4.19. The first-order chi connectivity index (χ1) is 13.6. The number of hydrogen-bond acceptors (Lipinski definition) is 4. The first-order valence-corrected chi connectivity index (χ1v) is 9.76. The van der Waals surface area contributed by atoms with Crippen LogP contribution in [-0.4, -0.2) is 64.0 Å². The van der Waals surface area contributed by atoms with E-state index in [4.69, 9.17) is 0 Å². The summed E-state index contributed by atoms with van der Waals surface area (Å²) in [5.74, 6) is 0.0200. The van der Waals surface area contributed by atoms with Crippen LogP contribution in [0.5, 0.6) is 0 Å². The van der Waals surface area contributed by atoms with Crippen LogP contribution in [0.4, 0.5) is 0 Å². The second kappa shape index (κ2) is 7.72. The van der Waals surface area contributed by atoms with E-state index in [1.165, 1.54) is 0 Å². The molecule has 6 nitrogen and oxygen atoms in total. The molecule has 2 fully saturated rings. The fourth-order valence-electron chi connectivity index (χ4n) is 4.19. The van der Waals surface area contributed by atoms with Crippen LogP contribution in [0, 0.1) is 5.92 Å². The molecule has 1 aromatic carbocycles. The number of aromatic nitrogens is 1. The van der Waals surface area contributed by atoms with Gasteiger partial charge in [-0.25, -0.2) is 0 Å². The van der Waals surface area contributed by atoms with Gasteiger partial charge in [-0.15, -0.1) is 0 Å². The van der Waals surface area contributed by atoms with E-state index in [-0.39, 0.29) is 42.3 Å². The summed E-state index contributed by atoms with van der Waals surface area (Å²) in [5, 5.41) is 9.99. The van der Waals surface area contributed by atoms with E-state index in [9.17, 15) is 14.7 Å². The molecule has 0 unspecified atom stereocenters. The number of carbonyl (C=O) groups is 2. The number of nitrogens with zero attached hydrogens (tertiary/aromatic N) is 3. The van der Waals surface area contributed by atoms with Gasteiger partial charge in [-0.1, -0.05) is 36.4 Å². The zero-order chi connectivity index (χ0) is 19.7. The quantitative estimate of drug-likeness (QED) is 0.832. The number of aliphatic hydroxyl groups excluding tert-OH is 1. The van der Waals surface area contributed by atoms with Crippen LogP contribution in [0.1, 0.15) is 34.8 Å². The van der Waals surface area contributed by atoms with E-state index in [2.05, 4.69) is 4.98 Å². The van der Waals surface area contributed by atoms with E-state index < -0.39 is 0 Å². The summed E-state index contributed by atoms with van der Waals surface area (Å²) in [4.78, 5) is 33.2. The highest BCUT2D eigenvalue weighted by Gasteiger charge is 2.53. The van der Waals surface area contributed by atoms with Gasteiger partial charge in [-0.05, 0) is 30.5 Å². The number of likely N-dealkylation sites (tertiary alicyclic amines) is 1. The minimum atomic E-state index is -0.237. The first-order valence-electron chi connectivity index (χ1n) is 9.76. The molecule has 0 bridgehead atoms. The van der Waals surface area contributed by atoms with Crippen molar-refractivity contribution in [3.8, 4) is 0 Å². The Labute approximate surface area is 164 Å². The van der Waals surface area contributed by atoms with Crippen LogP contribution in [0.3, 0.4) is 0 Å². The molecule has 28 heavy (non-hydrogen) atoms. The maximum atomic E-state index is 12.9. The molecule has 4 rings (SSSR count). The van der Waals surface area contributed by atoms with E-state index >= 15 is 0 Å². The minimum Gasteiger partial charge on any atom is -0.394 e. The molecule has 1 aliphatic heterocycles. The van der Waals surface area contributed by atoms with Gasteiger partial charge >= 0.3 is 0 Å². The Hall–Kier alpha value is -2.73. The molecule has 3 atom stereocenters. The number of rotatable bonds is 6. The molecule has 1 N–H and O–H groups in total. The van der Waals surface area contributed by atoms with Crippen LogP contribution in [-0.2, 0) is 4.79 Å². The average Bonchev–Trinajstić information content (AvgIpc) is 3.57. The highest BCUT2D eigenvalue weighted by molar-refractivity contribution is 5.92. The molecule has 2 amide bonds. The van der Waals surface area contributed by atoms with Gasteiger partial charge in [0.25, 0.3) is 5.91 Å². The van der Waals surface area contributed by atoms with E-state index in [1.54, 1.807) is 36.3 Å². The maximum absolute atomic E-state index is 12.9. The van der Waals surface area contributed by atoms with Crippen LogP contribution in [0.2, 0.25) is 0 Å². The number of pyridine rings is 1. The summed E-state index contributed by atoms with van der Waals surface area (Å²) in [7, 11) is 1.74. The summed E-state index contributed by atoms with van der Waals surface area (Å²) in [6, 6.07) is 14.8. The number of hydrogen-bond donors (Lipinski definition) is 1. The Kier molecular flexibility index (Phi) is 5.13. The number of likely N-dealkylation sites (N-methyl/N-ethyl adjacent to an activating group) is 1. The molecule has 2 heterocycles. The maximum Gasteiger partial charge on any atom is 0.272 e. The monoisotopic (exact) mass is 379 g/mol. The molecule has 1 saturated carbocycles. The zero-order valence-corrected chi connectivity index (χ0v) is 15.9. The predicted octanol–water partition coefficient (Wildman–Crippen LogP) is 1.92. The Bertz CT molecular complexity index is 839. The standard InChI is InChI=1S/C22H25N3O3/c1-24(22(28)17-9-5-6-12-23-17)13-18-20(15-7-3-2-4-8-15)19(14-26)25(18)21(27)16-10-11-16/h2-9,12,16,18-20,26H,10-11,13-14H2,1H3/t18-,19+,20-/m1/s1. The lowest BCUT2D eigenvalue weighted by Crippen LogP contribution is -2.69. The molecule has 2 aliphatic rings. The van der Waals surface area contributed by atoms with Gasteiger partial charge in [-0.2, -0.15) is 0 Å². The van der Waals surface area contributed by atoms with Gasteiger partial charge < -0.3 is 14.9 Å². The van der Waals surface area contributed by atoms with E-state index in [1.807, 2.05) is 35.2 Å². The van der Waals surface area contributed by atoms with Crippen molar-refractivity contribution in [2.75, 3.05) is 20.2 Å². The van der Waals surface area contributed by atoms with Crippen molar-refractivity contribution in [3.63, 3.8) is 0 Å². The third-order valence-corrected chi connectivity index (χ3v) is 5.79. The lowest BCUT2D eigenvalue weighted by molar-refractivity contribution is -0.153. The van der Waals surface area contributed by atoms with Crippen LogP contribution >= 0.6 is 0 Å². The number of aliphatic hydroxyl groups is 1. The lowest BCUT2D eigenvalue weighted by atomic mass is 9.74. The van der Waals surface area contributed by atoms with Crippen LogP contribution in [0.15, 0.2) is 54.7 Å². The number of amides is 2. The van der Waals surface area contributed by atoms with Crippen LogP contribution in [0.25, 0.3) is 0 Å². The molecule has 2 aromatic rings. The van der Waals surface area contributed by atoms with Crippen molar-refractivity contribution in [2.45, 2.75) is 30.8 Å². The Morgan fingerprint density at radius 1 is 1.11 bits per heavy atom. The minimum absolute atomic E-state index is 0.00730. The molecular formula is C22H25N3O3. The van der Waals surface area contributed by atoms with Crippen molar-refractivity contribution >= 4 is 11.8 Å². The summed E-state index contributed by atoms with van der Waals surface area (Å²) in [6.45, 7) is 0.330. The second-order valence-corrected chi connectivity index (χ2v) is 7.67. The van der Waals surface area contributed by atoms with Gasteiger partial charge in [0.1, 0.15) is 5.69 Å². The van der Waals surface area contributed by atoms with Crippen molar-refractivity contribution in [1.82, 2.24) is 14.8 Å². The number of benzene rings is 1. The largest absolute Gasteiger partial charge is 0.394 e. The molecule has 1 aliphatic carbocycles. The van der Waals surface area contributed by atoms with Gasteiger partial charge in [0.05, 0.1) is 18.7 Å². The van der Waals surface area contributed by atoms with Crippen LogP contribution < -0.4 is 0 Å².